The Kier molecular flexibility index (Phi) is 9.08. The molecular weight excluding hydrogens is 348 g/mol. The maximum absolute atomic E-state index is 12.3. The number of halogens is 1. The van der Waals surface area contributed by atoms with Crippen molar-refractivity contribution in [2.75, 3.05) is 33.4 Å². The first-order valence-corrected chi connectivity index (χ1v) is 9.40. The number of rotatable bonds is 7. The standard InChI is InChI=1S/C21H34N2O2.ClH/c1-20(2,3)18-8-5-17(6-9-18)7-10-19(24)23-15-21(16-25-4)11-13-22-14-12-21;/h5-6,8-9,22H,7,10-16H2,1-4H3,(H,23,24);1H. The predicted molar refractivity (Wildman–Crippen MR) is 110 cm³/mol. The number of nitrogens with one attached hydrogen (secondary N) is 2. The molecule has 0 atom stereocenters. The van der Waals surface area contributed by atoms with Crippen LogP contribution in [0.25, 0.3) is 0 Å². The number of carbonyl (C=O) groups is 1. The molecule has 1 aliphatic rings. The molecule has 0 unspecified atom stereocenters. The van der Waals surface area contributed by atoms with E-state index in [1.807, 2.05) is 0 Å². The summed E-state index contributed by atoms with van der Waals surface area (Å²) >= 11 is 0. The van der Waals surface area contributed by atoms with E-state index >= 15 is 0 Å². The van der Waals surface area contributed by atoms with Gasteiger partial charge < -0.3 is 15.4 Å². The Morgan fingerprint density at radius 2 is 1.81 bits per heavy atom. The van der Waals surface area contributed by atoms with Crippen LogP contribution >= 0.6 is 12.4 Å². The minimum absolute atomic E-state index is 0. The maximum atomic E-state index is 12.3. The third kappa shape index (κ3) is 6.90. The van der Waals surface area contributed by atoms with Crippen molar-refractivity contribution in [3.63, 3.8) is 0 Å². The largest absolute Gasteiger partial charge is 0.384 e. The zero-order valence-corrected chi connectivity index (χ0v) is 17.5. The van der Waals surface area contributed by atoms with Crippen molar-refractivity contribution in [3.8, 4) is 0 Å². The molecule has 1 aromatic carbocycles. The summed E-state index contributed by atoms with van der Waals surface area (Å²) in [6.07, 6.45) is 3.43. The number of amides is 1. The smallest absolute Gasteiger partial charge is 0.220 e. The molecule has 0 aromatic heterocycles. The van der Waals surface area contributed by atoms with Crippen molar-refractivity contribution in [1.29, 1.82) is 0 Å². The monoisotopic (exact) mass is 382 g/mol. The molecule has 2 N–H and O–H groups in total. The molecule has 4 nitrogen and oxygen atoms in total. The van der Waals surface area contributed by atoms with Crippen LogP contribution in [0.5, 0.6) is 0 Å². The first kappa shape index (κ1) is 22.9. The van der Waals surface area contributed by atoms with Crippen LogP contribution in [0.15, 0.2) is 24.3 Å². The topological polar surface area (TPSA) is 50.4 Å². The molecule has 2 rings (SSSR count). The molecule has 0 bridgehead atoms. The first-order valence-electron chi connectivity index (χ1n) is 9.40. The highest BCUT2D eigenvalue weighted by atomic mass is 35.5. The quantitative estimate of drug-likeness (QED) is 0.759. The molecule has 0 aliphatic carbocycles. The Bertz CT molecular complexity index is 541. The number of benzene rings is 1. The summed E-state index contributed by atoms with van der Waals surface area (Å²) in [5, 5.41) is 6.52. The highest BCUT2D eigenvalue weighted by Gasteiger charge is 2.32. The summed E-state index contributed by atoms with van der Waals surface area (Å²) in [6, 6.07) is 8.64. The third-order valence-corrected chi connectivity index (χ3v) is 5.24. The van der Waals surface area contributed by atoms with Gasteiger partial charge in [-0.1, -0.05) is 45.0 Å². The van der Waals surface area contributed by atoms with E-state index in [4.69, 9.17) is 4.74 Å². The highest BCUT2D eigenvalue weighted by Crippen LogP contribution is 2.28. The first-order chi connectivity index (χ1) is 11.8. The fraction of sp³-hybridized carbons (Fsp3) is 0.667. The highest BCUT2D eigenvalue weighted by molar-refractivity contribution is 5.85. The second-order valence-electron chi connectivity index (χ2n) is 8.41. The van der Waals surface area contributed by atoms with Gasteiger partial charge >= 0.3 is 0 Å². The number of hydrogen-bond donors (Lipinski definition) is 2. The molecule has 5 heteroatoms. The average Bonchev–Trinajstić information content (AvgIpc) is 2.59. The summed E-state index contributed by atoms with van der Waals surface area (Å²) < 4.78 is 5.41. The van der Waals surface area contributed by atoms with Crippen molar-refractivity contribution in [1.82, 2.24) is 10.6 Å². The van der Waals surface area contributed by atoms with Crippen LogP contribution in [0, 0.1) is 5.41 Å². The molecular formula is C21H35ClN2O2. The number of methoxy groups -OCH3 is 1. The molecule has 0 saturated carbocycles. The normalized spacial score (nSPS) is 16.6. The Hall–Kier alpha value is -1.10. The summed E-state index contributed by atoms with van der Waals surface area (Å²) in [7, 11) is 1.74. The lowest BCUT2D eigenvalue weighted by molar-refractivity contribution is -0.122. The van der Waals surface area contributed by atoms with Gasteiger partial charge in [0.05, 0.1) is 6.61 Å². The summed E-state index contributed by atoms with van der Waals surface area (Å²) in [5.41, 5.74) is 2.80. The van der Waals surface area contributed by atoms with Crippen molar-refractivity contribution >= 4 is 18.3 Å². The van der Waals surface area contributed by atoms with Gasteiger partial charge in [-0.3, -0.25) is 4.79 Å². The maximum Gasteiger partial charge on any atom is 0.220 e. The number of aryl methyl sites for hydroxylation is 1. The van der Waals surface area contributed by atoms with Crippen LogP contribution in [0.4, 0.5) is 0 Å². The van der Waals surface area contributed by atoms with Gasteiger partial charge in [0, 0.05) is 25.5 Å². The van der Waals surface area contributed by atoms with Gasteiger partial charge in [-0.05, 0) is 48.9 Å². The number of ether oxygens (including phenoxy) is 1. The Morgan fingerprint density at radius 3 is 2.35 bits per heavy atom. The summed E-state index contributed by atoms with van der Waals surface area (Å²) in [4.78, 5) is 12.3. The Labute approximate surface area is 164 Å². The molecule has 0 radical (unpaired) electrons. The van der Waals surface area contributed by atoms with Crippen molar-refractivity contribution in [2.24, 2.45) is 5.41 Å². The van der Waals surface area contributed by atoms with E-state index in [9.17, 15) is 4.79 Å². The molecule has 1 aliphatic heterocycles. The van der Waals surface area contributed by atoms with Crippen LogP contribution in [0.3, 0.4) is 0 Å². The van der Waals surface area contributed by atoms with E-state index in [2.05, 4.69) is 55.7 Å². The van der Waals surface area contributed by atoms with Gasteiger partial charge in [0.15, 0.2) is 0 Å². The van der Waals surface area contributed by atoms with Crippen molar-refractivity contribution in [2.45, 2.75) is 51.9 Å². The van der Waals surface area contributed by atoms with E-state index in [0.29, 0.717) is 19.6 Å². The van der Waals surface area contributed by atoms with E-state index in [0.717, 1.165) is 32.4 Å². The van der Waals surface area contributed by atoms with Gasteiger partial charge in [0.25, 0.3) is 0 Å². The number of hydrogen-bond acceptors (Lipinski definition) is 3. The van der Waals surface area contributed by atoms with E-state index in [1.54, 1.807) is 7.11 Å². The van der Waals surface area contributed by atoms with Crippen molar-refractivity contribution < 1.29 is 9.53 Å². The molecule has 1 amide bonds. The van der Waals surface area contributed by atoms with Crippen LogP contribution in [-0.4, -0.2) is 39.3 Å². The summed E-state index contributed by atoms with van der Waals surface area (Å²) in [6.45, 7) is 10.1. The molecule has 1 heterocycles. The van der Waals surface area contributed by atoms with Crippen LogP contribution in [-0.2, 0) is 21.4 Å². The average molecular weight is 383 g/mol. The van der Waals surface area contributed by atoms with Crippen LogP contribution in [0.2, 0.25) is 0 Å². The zero-order valence-electron chi connectivity index (χ0n) is 16.7. The third-order valence-electron chi connectivity index (χ3n) is 5.24. The lowest BCUT2D eigenvalue weighted by atomic mass is 9.79. The van der Waals surface area contributed by atoms with E-state index in [1.165, 1.54) is 11.1 Å². The fourth-order valence-corrected chi connectivity index (χ4v) is 3.44. The Balaban J connectivity index is 0.00000338. The fourth-order valence-electron chi connectivity index (χ4n) is 3.44. The molecule has 1 aromatic rings. The van der Waals surface area contributed by atoms with Gasteiger partial charge in [0.1, 0.15) is 0 Å². The van der Waals surface area contributed by atoms with E-state index in [-0.39, 0.29) is 29.1 Å². The van der Waals surface area contributed by atoms with Crippen LogP contribution in [0.1, 0.15) is 51.2 Å². The predicted octanol–water partition coefficient (Wildman–Crippen LogP) is 3.47. The zero-order chi connectivity index (χ0) is 18.3. The number of piperidine rings is 1. The van der Waals surface area contributed by atoms with Gasteiger partial charge in [-0.25, -0.2) is 0 Å². The lowest BCUT2D eigenvalue weighted by Gasteiger charge is -2.37. The van der Waals surface area contributed by atoms with Gasteiger partial charge in [-0.2, -0.15) is 0 Å². The molecule has 0 spiro atoms. The Morgan fingerprint density at radius 1 is 1.19 bits per heavy atom. The van der Waals surface area contributed by atoms with E-state index < -0.39 is 0 Å². The minimum Gasteiger partial charge on any atom is -0.384 e. The lowest BCUT2D eigenvalue weighted by Crippen LogP contribution is -2.47. The second-order valence-corrected chi connectivity index (χ2v) is 8.41. The number of carbonyl (C=O) groups excluding carboxylic acids is 1. The van der Waals surface area contributed by atoms with Crippen LogP contribution < -0.4 is 10.6 Å². The SMILES string of the molecule is COCC1(CNC(=O)CCc2ccc(C(C)(C)C)cc2)CCNCC1.Cl. The van der Waals surface area contributed by atoms with Gasteiger partial charge in [0.2, 0.25) is 5.91 Å². The molecule has 148 valence electrons. The van der Waals surface area contributed by atoms with Crippen molar-refractivity contribution in [3.05, 3.63) is 35.4 Å². The summed E-state index contributed by atoms with van der Waals surface area (Å²) in [5.74, 6) is 0.133. The van der Waals surface area contributed by atoms with Gasteiger partial charge in [-0.15, -0.1) is 12.4 Å². The molecule has 1 fully saturated rings. The molecule has 26 heavy (non-hydrogen) atoms. The second kappa shape index (κ2) is 10.3. The molecule has 1 saturated heterocycles. The minimum atomic E-state index is 0.